The van der Waals surface area contributed by atoms with Crippen molar-refractivity contribution in [1.29, 1.82) is 0 Å². The van der Waals surface area contributed by atoms with Gasteiger partial charge in [0.05, 0.1) is 102 Å². The van der Waals surface area contributed by atoms with Gasteiger partial charge in [0, 0.05) is 129 Å². The number of morpholine rings is 3. The summed E-state index contributed by atoms with van der Waals surface area (Å²) < 4.78 is 152. The Morgan fingerprint density at radius 1 is 0.472 bits per heavy atom. The van der Waals surface area contributed by atoms with Gasteiger partial charge in [-0.2, -0.15) is 0 Å². The molecule has 4 saturated heterocycles. The summed E-state index contributed by atoms with van der Waals surface area (Å²) in [5.41, 5.74) is 7.67. The van der Waals surface area contributed by atoms with Crippen LogP contribution in [0.25, 0.3) is 22.5 Å². The number of aryl methyl sites for hydroxylation is 3. The molecule has 0 radical (unpaired) electrons. The SMILES string of the molecule is COC(=O)[C@H](Cc1ccc(-c2nc(C)c(C)n(C)c2=O)c2c1CCCO2)NC(=O)c1c(F)cc(N2CCOC[C@@H]2C)cc1F.COC(=O)[C@H](Cc1ccc(B2OC(C)(C)C(C)(C)O2)c2c1CCCO2)NC(=O)c1c(F)cc(N2CCOC[C@@H]2C)cc1F.Cc1nc(-c2ccc(C[C@H](NC(=O)c3c(F)cc(N4CCOC[C@@H]4C)cc3F)C(=O)O)c3c2OCCC3)c(=O)n(C)c1C.Cc1nc(Cl)c(=O)n(C)c1C.O.[Li+].[OH-]. The number of aromatic nitrogens is 6. The number of carbonyl (C=O) groups excluding carboxylic acids is 5. The van der Waals surface area contributed by atoms with E-state index in [0.717, 1.165) is 87.7 Å². The van der Waals surface area contributed by atoms with E-state index >= 15 is 26.3 Å². The average Bonchev–Trinajstić information content (AvgIpc) is 1.44. The number of nitrogens with zero attached hydrogens (tertiary/aromatic N) is 9. The standard InChI is InChI=1S/C32H36F2N4O6.C31H39BF2N2O7.C31H34F2N4O6.C7H9ClN2O.Li.2H2O/c1-17-16-43-12-10-38(17)21-14-24(33)27(25(34)15-21)30(39)36-26(32(41)42-5)13-20-8-9-23(29-22(20)7-6-11-44-29)28-31(40)37(4)19(3)18(2)35-28;1-18-17-40-13-11-36(18)20-15-23(33)26(24(34)16-20)28(37)35-25(29(38)39-6)14-19-9-10-22(27-21(19)8-7-12-41-27)32-42-30(2,3)31(4,5)43-32;1-16-15-42-11-9-37(16)20-13-23(32)26(24(33)14-20)29(38)35-25(31(40)41)12-19-7-8-22(28-21(19)6-5-10-43-28)27-30(39)36(4)18(3)17(2)34-27;1-4-5(2)10(3)7(11)6(8)9-4;;;/h8-9,14-15,17,26H,6-7,10-13,16H2,1-5H3,(H,36,39);9-10,15-16,18,25H,7-8,11-14,17H2,1-6H3,(H,35,37);7-8,13-14,16,25H,5-6,9-12,15H2,1-4H3,(H,35,38)(H,40,41);1-3H3;;2*1H2/q;;;;+1;;/p-1/t17-,26-;18-,25-;16-,25-;;;;/m000..../s1. The number of anilines is 3. The van der Waals surface area contributed by atoms with Gasteiger partial charge in [0.2, 0.25) is 0 Å². The van der Waals surface area contributed by atoms with Crippen molar-refractivity contribution in [2.45, 2.75) is 195 Å². The summed E-state index contributed by atoms with van der Waals surface area (Å²) in [5, 5.41) is 17.3. The minimum atomic E-state index is -1.49. The van der Waals surface area contributed by atoms with Crippen LogP contribution in [0.4, 0.5) is 43.4 Å². The molecule has 144 heavy (non-hydrogen) atoms. The molecule has 6 atom stereocenters. The van der Waals surface area contributed by atoms with Crippen molar-refractivity contribution in [3.63, 3.8) is 0 Å². The Morgan fingerprint density at radius 2 is 0.771 bits per heavy atom. The average molecular weight is 2020 g/mol. The molecule has 0 bridgehead atoms. The zero-order chi connectivity index (χ0) is 102. The molecule has 9 aromatic rings. The van der Waals surface area contributed by atoms with Crippen LogP contribution in [0.15, 0.2) is 87.2 Å². The fraction of sp³-hybridized carbons (Fsp3) is 0.465. The molecule has 34 nitrogen and oxygen atoms in total. The molecule has 3 aromatic heterocycles. The molecule has 6 aromatic carbocycles. The Balaban J connectivity index is 0.000000208. The zero-order valence-corrected chi connectivity index (χ0v) is 84.9. The van der Waals surface area contributed by atoms with Gasteiger partial charge in [0.25, 0.3) is 34.4 Å². The molecule has 0 spiro atoms. The summed E-state index contributed by atoms with van der Waals surface area (Å²) in [7, 11) is 6.75. The van der Waals surface area contributed by atoms with Crippen LogP contribution in [0.2, 0.25) is 5.15 Å². The van der Waals surface area contributed by atoms with Gasteiger partial charge in [0.15, 0.2) is 5.15 Å². The van der Waals surface area contributed by atoms with E-state index in [1.54, 1.807) is 57.2 Å². The first-order valence-electron chi connectivity index (χ1n) is 46.6. The van der Waals surface area contributed by atoms with Crippen molar-refractivity contribution in [2.75, 3.05) is 108 Å². The van der Waals surface area contributed by atoms with Crippen LogP contribution in [0.3, 0.4) is 0 Å². The Bertz CT molecular complexity index is 6450. The van der Waals surface area contributed by atoms with Gasteiger partial charge in [-0.05, 0) is 210 Å². The number of fused-ring (bicyclic) bond motifs is 3. The number of rotatable bonds is 21. The molecule has 7 N–H and O–H groups in total. The number of carbonyl (C=O) groups is 6. The molecule has 7 aliphatic heterocycles. The van der Waals surface area contributed by atoms with Gasteiger partial charge in [-0.3, -0.25) is 28.8 Å². The number of carboxylic acid groups (broad SMARTS) is 1. The number of hydrogen-bond acceptors (Lipinski definition) is 26. The van der Waals surface area contributed by atoms with Gasteiger partial charge in [-0.1, -0.05) is 35.9 Å². The maximum Gasteiger partial charge on any atom is 1.00 e. The number of halogens is 7. The first-order valence-corrected chi connectivity index (χ1v) is 47.0. The summed E-state index contributed by atoms with van der Waals surface area (Å²) in [4.78, 5) is 133. The van der Waals surface area contributed by atoms with Crippen LogP contribution < -0.4 is 85.9 Å². The summed E-state index contributed by atoms with van der Waals surface area (Å²) in [6.07, 6.45) is 3.76. The van der Waals surface area contributed by atoms with Crippen molar-refractivity contribution < 1.29 is 137 Å². The van der Waals surface area contributed by atoms with Crippen LogP contribution in [0, 0.1) is 76.4 Å². The second kappa shape index (κ2) is 48.2. The van der Waals surface area contributed by atoms with Crippen LogP contribution >= 0.6 is 11.6 Å². The smallest absolute Gasteiger partial charge is 0.870 e. The van der Waals surface area contributed by atoms with E-state index < -0.39 is 124 Å². The van der Waals surface area contributed by atoms with E-state index in [4.69, 9.17) is 58.8 Å². The third-order valence-electron chi connectivity index (χ3n) is 27.3. The van der Waals surface area contributed by atoms with E-state index in [1.165, 1.54) is 27.9 Å². The summed E-state index contributed by atoms with van der Waals surface area (Å²) >= 11 is 5.55. The third-order valence-corrected chi connectivity index (χ3v) is 27.5. The number of nitrogens with one attached hydrogen (secondary N) is 3. The maximum absolute atomic E-state index is 15.2. The number of ether oxygens (including phenoxy) is 8. The van der Waals surface area contributed by atoms with Crippen molar-refractivity contribution in [3.8, 4) is 39.8 Å². The quantitative estimate of drug-likeness (QED) is 0.0316. The monoisotopic (exact) mass is 2020 g/mol. The van der Waals surface area contributed by atoms with Gasteiger partial charge < -0.3 is 108 Å². The zero-order valence-electron chi connectivity index (χ0n) is 84.1. The molecule has 10 heterocycles. The summed E-state index contributed by atoms with van der Waals surface area (Å²) in [6, 6.07) is 12.9. The van der Waals surface area contributed by atoms with Gasteiger partial charge in [0.1, 0.15) is 98.4 Å². The molecule has 3 amide bonds. The van der Waals surface area contributed by atoms with Crippen molar-refractivity contribution >= 4 is 76.9 Å². The van der Waals surface area contributed by atoms with E-state index in [-0.39, 0.29) is 106 Å². The van der Waals surface area contributed by atoms with E-state index in [1.807, 2.05) is 105 Å². The minimum absolute atomic E-state index is 0. The summed E-state index contributed by atoms with van der Waals surface area (Å²) in [5.74, 6) is -10.9. The predicted molar refractivity (Wildman–Crippen MR) is 520 cm³/mol. The van der Waals surface area contributed by atoms with Crippen LogP contribution in [-0.2, 0) is 107 Å². The normalized spacial score (nSPS) is 17.5. The van der Waals surface area contributed by atoms with Crippen molar-refractivity contribution in [1.82, 2.24) is 44.6 Å². The molecule has 4 fully saturated rings. The second-order valence-electron chi connectivity index (χ2n) is 36.9. The molecule has 16 rings (SSSR count). The van der Waals surface area contributed by atoms with E-state index in [9.17, 15) is 48.3 Å². The Labute approximate surface area is 846 Å². The number of benzene rings is 6. The van der Waals surface area contributed by atoms with Gasteiger partial charge in [-0.15, -0.1) is 0 Å². The maximum atomic E-state index is 15.2. The van der Waals surface area contributed by atoms with Crippen LogP contribution in [0.1, 0.15) is 166 Å². The molecule has 43 heteroatoms. The number of amides is 3. The minimum Gasteiger partial charge on any atom is -0.870 e. The first-order chi connectivity index (χ1) is 66.8. The molecular weight excluding hydrogens is 1900 g/mol. The molecule has 0 aliphatic carbocycles. The van der Waals surface area contributed by atoms with Gasteiger partial charge in [-0.25, -0.2) is 55.7 Å². The largest absolute Gasteiger partial charge is 1.00 e. The Kier molecular flexibility index (Phi) is 38.1. The second-order valence-corrected chi connectivity index (χ2v) is 37.3. The molecular formula is C101H121BClF6LiN12O22. The first kappa shape index (κ1) is 114. The van der Waals surface area contributed by atoms with Crippen LogP contribution in [-0.4, -0.2) is 228 Å². The fourth-order valence-corrected chi connectivity index (χ4v) is 18.2. The van der Waals surface area contributed by atoms with E-state index in [2.05, 4.69) is 30.9 Å². The van der Waals surface area contributed by atoms with Crippen LogP contribution in [0.5, 0.6) is 17.2 Å². The molecule has 0 saturated carbocycles. The van der Waals surface area contributed by atoms with E-state index in [0.29, 0.717) is 179 Å². The Hall–Kier alpha value is -12.2. The molecule has 770 valence electrons. The molecule has 7 aliphatic rings. The number of hydrogen-bond donors (Lipinski definition) is 4. The number of methoxy groups -OCH3 is 2. The topological polar surface area (TPSA) is 427 Å². The number of carboxylic acids is 1. The predicted octanol–water partition coefficient (Wildman–Crippen LogP) is 7.11. The Morgan fingerprint density at radius 3 is 1.10 bits per heavy atom. The number of esters is 2. The van der Waals surface area contributed by atoms with Crippen molar-refractivity contribution in [3.05, 3.63) is 228 Å². The van der Waals surface area contributed by atoms with Crippen molar-refractivity contribution in [2.24, 2.45) is 21.1 Å². The fourth-order valence-electron chi connectivity index (χ4n) is 18.0. The molecule has 0 unspecified atom stereocenters. The summed E-state index contributed by atoms with van der Waals surface area (Å²) in [6.45, 7) is 29.7. The van der Waals surface area contributed by atoms with Gasteiger partial charge >= 0.3 is 43.9 Å². The number of aliphatic carboxylic acids is 1. The third kappa shape index (κ3) is 24.6.